The lowest BCUT2D eigenvalue weighted by Crippen LogP contribution is -2.26. The molecule has 3 nitrogen and oxygen atoms in total. The van der Waals surface area contributed by atoms with Crippen molar-refractivity contribution in [3.63, 3.8) is 0 Å². The van der Waals surface area contributed by atoms with Crippen molar-refractivity contribution < 1.29 is 9.53 Å². The summed E-state index contributed by atoms with van der Waals surface area (Å²) >= 11 is 0. The van der Waals surface area contributed by atoms with E-state index in [0.29, 0.717) is 24.5 Å². The molecule has 1 N–H and O–H groups in total. The largest absolute Gasteiger partial charge is 0.493 e. The first-order valence-electron chi connectivity index (χ1n) is 8.85. The zero-order chi connectivity index (χ0) is 17.0. The van der Waals surface area contributed by atoms with E-state index in [-0.39, 0.29) is 5.91 Å². The van der Waals surface area contributed by atoms with Crippen LogP contribution in [0, 0.1) is 0 Å². The molecule has 0 aliphatic carbocycles. The molecule has 1 amide bonds. The molecular weight excluding hydrogens is 298 g/mol. The van der Waals surface area contributed by atoms with Crippen molar-refractivity contribution in [3.8, 4) is 5.75 Å². The summed E-state index contributed by atoms with van der Waals surface area (Å²) in [6, 6.07) is 17.6. The molecule has 0 saturated heterocycles. The number of rotatable bonds is 10. The molecule has 0 bridgehead atoms. The molecule has 128 valence electrons. The lowest BCUT2D eigenvalue weighted by atomic mass is 10.1. The highest BCUT2D eigenvalue weighted by Crippen LogP contribution is 2.18. The zero-order valence-corrected chi connectivity index (χ0v) is 14.5. The number of benzene rings is 2. The molecule has 2 aromatic rings. The second-order valence-corrected chi connectivity index (χ2v) is 5.90. The Balaban J connectivity index is 1.82. The molecule has 0 radical (unpaired) electrons. The fourth-order valence-electron chi connectivity index (χ4n) is 2.55. The minimum Gasteiger partial charge on any atom is -0.493 e. The Kier molecular flexibility index (Phi) is 7.88. The van der Waals surface area contributed by atoms with Crippen LogP contribution < -0.4 is 10.1 Å². The third kappa shape index (κ3) is 6.07. The van der Waals surface area contributed by atoms with Gasteiger partial charge in [-0.05, 0) is 30.5 Å². The molecule has 0 aliphatic rings. The monoisotopic (exact) mass is 325 g/mol. The maximum Gasteiger partial charge on any atom is 0.255 e. The average Bonchev–Trinajstić information content (AvgIpc) is 2.63. The van der Waals surface area contributed by atoms with Gasteiger partial charge >= 0.3 is 0 Å². The van der Waals surface area contributed by atoms with Crippen molar-refractivity contribution in [1.29, 1.82) is 0 Å². The second-order valence-electron chi connectivity index (χ2n) is 5.90. The molecule has 3 heteroatoms. The van der Waals surface area contributed by atoms with Gasteiger partial charge in [0.05, 0.1) is 12.2 Å². The Bertz CT molecular complexity index is 610. The van der Waals surface area contributed by atoms with E-state index in [2.05, 4.69) is 24.4 Å². The van der Waals surface area contributed by atoms with Crippen LogP contribution in [0.4, 0.5) is 0 Å². The Hall–Kier alpha value is -2.29. The third-order valence-corrected chi connectivity index (χ3v) is 3.93. The molecule has 0 heterocycles. The fraction of sp³-hybridized carbons (Fsp3) is 0.381. The van der Waals surface area contributed by atoms with Crippen molar-refractivity contribution in [1.82, 2.24) is 5.32 Å². The molecule has 0 aromatic heterocycles. The van der Waals surface area contributed by atoms with Gasteiger partial charge in [0.25, 0.3) is 5.91 Å². The van der Waals surface area contributed by atoms with Crippen LogP contribution in [-0.4, -0.2) is 19.1 Å². The third-order valence-electron chi connectivity index (χ3n) is 3.93. The predicted octanol–water partition coefficient (Wildman–Crippen LogP) is 4.62. The lowest BCUT2D eigenvalue weighted by molar-refractivity contribution is 0.0950. The molecule has 0 spiro atoms. The number of hydrogen-bond acceptors (Lipinski definition) is 2. The van der Waals surface area contributed by atoms with Crippen LogP contribution in [0.5, 0.6) is 5.75 Å². The van der Waals surface area contributed by atoms with E-state index < -0.39 is 0 Å². The summed E-state index contributed by atoms with van der Waals surface area (Å²) in [5, 5.41) is 2.98. The van der Waals surface area contributed by atoms with E-state index in [0.717, 1.165) is 12.8 Å². The molecule has 2 aromatic carbocycles. The Morgan fingerprint density at radius 1 is 0.958 bits per heavy atom. The summed E-state index contributed by atoms with van der Waals surface area (Å²) in [6.45, 7) is 3.47. The molecule has 2 rings (SSSR count). The first-order chi connectivity index (χ1) is 11.8. The molecule has 0 unspecified atom stereocenters. The molecule has 0 atom stereocenters. The van der Waals surface area contributed by atoms with Crippen molar-refractivity contribution in [2.75, 3.05) is 13.2 Å². The van der Waals surface area contributed by atoms with E-state index in [1.807, 2.05) is 42.5 Å². The summed E-state index contributed by atoms with van der Waals surface area (Å²) in [4.78, 5) is 12.4. The minimum atomic E-state index is -0.0740. The zero-order valence-electron chi connectivity index (χ0n) is 14.5. The van der Waals surface area contributed by atoms with Gasteiger partial charge in [-0.3, -0.25) is 4.79 Å². The standard InChI is InChI=1S/C21H27NO2/c1-2-3-4-10-17-24-20-14-9-8-13-19(20)21(23)22-16-15-18-11-6-5-7-12-18/h5-9,11-14H,2-4,10,15-17H2,1H3,(H,22,23). The molecule has 0 saturated carbocycles. The second kappa shape index (κ2) is 10.5. The highest BCUT2D eigenvalue weighted by molar-refractivity contribution is 5.96. The average molecular weight is 325 g/mol. The van der Waals surface area contributed by atoms with E-state index >= 15 is 0 Å². The van der Waals surface area contributed by atoms with Crippen LogP contribution in [0.15, 0.2) is 54.6 Å². The highest BCUT2D eigenvalue weighted by atomic mass is 16.5. The Morgan fingerprint density at radius 3 is 2.50 bits per heavy atom. The van der Waals surface area contributed by atoms with Crippen LogP contribution >= 0.6 is 0 Å². The van der Waals surface area contributed by atoms with E-state index in [1.165, 1.54) is 24.8 Å². The van der Waals surface area contributed by atoms with Gasteiger partial charge in [0, 0.05) is 6.54 Å². The predicted molar refractivity (Wildman–Crippen MR) is 98.6 cm³/mol. The maximum absolute atomic E-state index is 12.4. The first kappa shape index (κ1) is 18.1. The normalized spacial score (nSPS) is 10.4. The number of para-hydroxylation sites is 1. The smallest absolute Gasteiger partial charge is 0.255 e. The fourth-order valence-corrected chi connectivity index (χ4v) is 2.55. The molecular formula is C21H27NO2. The number of hydrogen-bond donors (Lipinski definition) is 1. The van der Waals surface area contributed by atoms with Crippen LogP contribution in [-0.2, 0) is 6.42 Å². The van der Waals surface area contributed by atoms with E-state index in [9.17, 15) is 4.79 Å². The van der Waals surface area contributed by atoms with Gasteiger partial charge in [-0.25, -0.2) is 0 Å². The van der Waals surface area contributed by atoms with Crippen molar-refractivity contribution in [3.05, 3.63) is 65.7 Å². The molecule has 0 aliphatic heterocycles. The number of unbranched alkanes of at least 4 members (excludes halogenated alkanes) is 3. The number of nitrogens with one attached hydrogen (secondary N) is 1. The van der Waals surface area contributed by atoms with Crippen molar-refractivity contribution in [2.24, 2.45) is 0 Å². The van der Waals surface area contributed by atoms with Crippen LogP contribution in [0.2, 0.25) is 0 Å². The van der Waals surface area contributed by atoms with E-state index in [4.69, 9.17) is 4.74 Å². The van der Waals surface area contributed by atoms with Gasteiger partial charge < -0.3 is 10.1 Å². The van der Waals surface area contributed by atoms with Crippen molar-refractivity contribution >= 4 is 5.91 Å². The SMILES string of the molecule is CCCCCCOc1ccccc1C(=O)NCCc1ccccc1. The van der Waals surface area contributed by atoms with Crippen LogP contribution in [0.1, 0.15) is 48.5 Å². The van der Waals surface area contributed by atoms with Gasteiger partial charge in [0.15, 0.2) is 0 Å². The number of carbonyl (C=O) groups is 1. The minimum absolute atomic E-state index is 0.0740. The number of carbonyl (C=O) groups excluding carboxylic acids is 1. The molecule has 0 fully saturated rings. The highest BCUT2D eigenvalue weighted by Gasteiger charge is 2.11. The Morgan fingerprint density at radius 2 is 1.71 bits per heavy atom. The van der Waals surface area contributed by atoms with Gasteiger partial charge in [-0.15, -0.1) is 0 Å². The van der Waals surface area contributed by atoms with Crippen LogP contribution in [0.3, 0.4) is 0 Å². The summed E-state index contributed by atoms with van der Waals surface area (Å²) < 4.78 is 5.81. The summed E-state index contributed by atoms with van der Waals surface area (Å²) in [5.74, 6) is 0.598. The van der Waals surface area contributed by atoms with Gasteiger partial charge in [-0.2, -0.15) is 0 Å². The topological polar surface area (TPSA) is 38.3 Å². The van der Waals surface area contributed by atoms with Crippen LogP contribution in [0.25, 0.3) is 0 Å². The quantitative estimate of drug-likeness (QED) is 0.647. The van der Waals surface area contributed by atoms with Gasteiger partial charge in [0.1, 0.15) is 5.75 Å². The number of amides is 1. The van der Waals surface area contributed by atoms with E-state index in [1.54, 1.807) is 0 Å². The van der Waals surface area contributed by atoms with Crippen molar-refractivity contribution in [2.45, 2.75) is 39.0 Å². The Labute approximate surface area is 145 Å². The summed E-state index contributed by atoms with van der Waals surface area (Å²) in [6.07, 6.45) is 5.46. The van der Waals surface area contributed by atoms with Gasteiger partial charge in [-0.1, -0.05) is 68.7 Å². The van der Waals surface area contributed by atoms with Gasteiger partial charge in [0.2, 0.25) is 0 Å². The lowest BCUT2D eigenvalue weighted by Gasteiger charge is -2.11. The maximum atomic E-state index is 12.4. The number of ether oxygens (including phenoxy) is 1. The first-order valence-corrected chi connectivity index (χ1v) is 8.85. The summed E-state index contributed by atoms with van der Waals surface area (Å²) in [7, 11) is 0. The molecule has 24 heavy (non-hydrogen) atoms. The summed E-state index contributed by atoms with van der Waals surface area (Å²) in [5.41, 5.74) is 1.83.